The van der Waals surface area contributed by atoms with Gasteiger partial charge in [-0.1, -0.05) is 12.1 Å². The predicted molar refractivity (Wildman–Crippen MR) is 78.6 cm³/mol. The predicted octanol–water partition coefficient (Wildman–Crippen LogP) is 0.599. The number of nitrogens with two attached hydrogens (primary N) is 1. The van der Waals surface area contributed by atoms with Crippen molar-refractivity contribution in [3.8, 4) is 0 Å². The van der Waals surface area contributed by atoms with Crippen molar-refractivity contribution in [1.29, 1.82) is 0 Å². The molecule has 1 aromatic rings. The van der Waals surface area contributed by atoms with E-state index in [2.05, 4.69) is 15.5 Å². The summed E-state index contributed by atoms with van der Waals surface area (Å²) < 4.78 is 5.27. The quantitative estimate of drug-likeness (QED) is 0.737. The Morgan fingerprint density at radius 1 is 1.25 bits per heavy atom. The van der Waals surface area contributed by atoms with Gasteiger partial charge in [0.05, 0.1) is 13.2 Å². The van der Waals surface area contributed by atoms with Crippen LogP contribution in [0.15, 0.2) is 24.3 Å². The zero-order valence-electron chi connectivity index (χ0n) is 11.6. The first-order chi connectivity index (χ1) is 9.78. The number of anilines is 1. The Morgan fingerprint density at radius 2 is 1.95 bits per heavy atom. The fraction of sp³-hybridized carbons (Fsp3) is 0.500. The minimum absolute atomic E-state index is 0.182. The molecule has 1 aromatic carbocycles. The number of hydrogen-bond donors (Lipinski definition) is 3. The van der Waals surface area contributed by atoms with Crippen LogP contribution in [0.2, 0.25) is 0 Å². The lowest BCUT2D eigenvalue weighted by Gasteiger charge is -2.26. The molecule has 1 fully saturated rings. The average Bonchev–Trinajstić information content (AvgIpc) is 2.49. The number of urea groups is 1. The average molecular weight is 278 g/mol. The molecule has 0 saturated carbocycles. The smallest absolute Gasteiger partial charge is 0.319 e. The van der Waals surface area contributed by atoms with Crippen molar-refractivity contribution in [2.24, 2.45) is 5.73 Å². The molecule has 110 valence electrons. The summed E-state index contributed by atoms with van der Waals surface area (Å²) in [6.45, 7) is 5.41. The Morgan fingerprint density at radius 3 is 2.60 bits per heavy atom. The molecule has 6 heteroatoms. The summed E-state index contributed by atoms with van der Waals surface area (Å²) in [4.78, 5) is 14.0. The van der Waals surface area contributed by atoms with Crippen LogP contribution in [-0.4, -0.2) is 50.3 Å². The maximum Gasteiger partial charge on any atom is 0.319 e. The standard InChI is InChI=1S/C14H22N4O2/c15-11-12-1-3-13(4-2-12)17-14(19)16-5-6-18-7-9-20-10-8-18/h1-4H,5-11,15H2,(H2,16,17,19). The molecular formula is C14H22N4O2. The van der Waals surface area contributed by atoms with Gasteiger partial charge in [0.2, 0.25) is 0 Å². The number of hydrogen-bond acceptors (Lipinski definition) is 4. The topological polar surface area (TPSA) is 79.6 Å². The summed E-state index contributed by atoms with van der Waals surface area (Å²) in [5.41, 5.74) is 7.34. The van der Waals surface area contributed by atoms with E-state index >= 15 is 0 Å². The first-order valence-electron chi connectivity index (χ1n) is 6.92. The molecule has 0 aromatic heterocycles. The van der Waals surface area contributed by atoms with Crippen LogP contribution in [-0.2, 0) is 11.3 Å². The summed E-state index contributed by atoms with van der Waals surface area (Å²) in [6.07, 6.45) is 0. The van der Waals surface area contributed by atoms with E-state index < -0.39 is 0 Å². The van der Waals surface area contributed by atoms with Crippen molar-refractivity contribution < 1.29 is 9.53 Å². The largest absolute Gasteiger partial charge is 0.379 e. The van der Waals surface area contributed by atoms with Gasteiger partial charge in [-0.15, -0.1) is 0 Å². The van der Waals surface area contributed by atoms with E-state index in [1.54, 1.807) is 0 Å². The highest BCUT2D eigenvalue weighted by Crippen LogP contribution is 2.08. The number of amides is 2. The summed E-state index contributed by atoms with van der Waals surface area (Å²) in [6, 6.07) is 7.33. The van der Waals surface area contributed by atoms with Gasteiger partial charge in [-0.05, 0) is 17.7 Å². The number of ether oxygens (including phenoxy) is 1. The normalized spacial score (nSPS) is 15.8. The van der Waals surface area contributed by atoms with Crippen molar-refractivity contribution >= 4 is 11.7 Å². The van der Waals surface area contributed by atoms with Crippen LogP contribution in [0.4, 0.5) is 10.5 Å². The second kappa shape index (κ2) is 7.84. The summed E-state index contributed by atoms with van der Waals surface area (Å²) in [7, 11) is 0. The van der Waals surface area contributed by atoms with Crippen LogP contribution >= 0.6 is 0 Å². The molecule has 0 atom stereocenters. The minimum Gasteiger partial charge on any atom is -0.379 e. The molecule has 20 heavy (non-hydrogen) atoms. The molecule has 0 radical (unpaired) electrons. The van der Waals surface area contributed by atoms with Gasteiger partial charge in [0.25, 0.3) is 0 Å². The number of morpholine rings is 1. The minimum atomic E-state index is -0.182. The molecule has 4 N–H and O–H groups in total. The van der Waals surface area contributed by atoms with Gasteiger partial charge in [0, 0.05) is 38.4 Å². The van der Waals surface area contributed by atoms with E-state index in [0.717, 1.165) is 44.1 Å². The second-order valence-electron chi connectivity index (χ2n) is 4.74. The Hall–Kier alpha value is -1.63. The Bertz CT molecular complexity index is 416. The van der Waals surface area contributed by atoms with Gasteiger partial charge < -0.3 is 21.1 Å². The summed E-state index contributed by atoms with van der Waals surface area (Å²) in [5.74, 6) is 0. The third-order valence-electron chi connectivity index (χ3n) is 3.26. The van der Waals surface area contributed by atoms with Gasteiger partial charge in [0.1, 0.15) is 0 Å². The molecule has 0 bridgehead atoms. The van der Waals surface area contributed by atoms with Gasteiger partial charge in [-0.2, -0.15) is 0 Å². The summed E-state index contributed by atoms with van der Waals surface area (Å²) in [5, 5.41) is 5.65. The van der Waals surface area contributed by atoms with Crippen LogP contribution < -0.4 is 16.4 Å². The number of rotatable bonds is 5. The van der Waals surface area contributed by atoms with Crippen molar-refractivity contribution in [2.75, 3.05) is 44.7 Å². The van der Waals surface area contributed by atoms with Crippen molar-refractivity contribution in [3.05, 3.63) is 29.8 Å². The third-order valence-corrected chi connectivity index (χ3v) is 3.26. The monoisotopic (exact) mass is 278 g/mol. The molecule has 2 amide bonds. The molecule has 1 heterocycles. The van der Waals surface area contributed by atoms with Gasteiger partial charge in [0.15, 0.2) is 0 Å². The highest BCUT2D eigenvalue weighted by molar-refractivity contribution is 5.89. The number of benzene rings is 1. The lowest BCUT2D eigenvalue weighted by molar-refractivity contribution is 0.0388. The number of carbonyl (C=O) groups excluding carboxylic acids is 1. The van der Waals surface area contributed by atoms with Gasteiger partial charge in [-0.25, -0.2) is 4.79 Å². The van der Waals surface area contributed by atoms with E-state index in [0.29, 0.717) is 13.1 Å². The van der Waals surface area contributed by atoms with E-state index in [1.807, 2.05) is 24.3 Å². The van der Waals surface area contributed by atoms with Crippen LogP contribution in [0.25, 0.3) is 0 Å². The first-order valence-corrected chi connectivity index (χ1v) is 6.92. The summed E-state index contributed by atoms with van der Waals surface area (Å²) >= 11 is 0. The van der Waals surface area contributed by atoms with Gasteiger partial charge in [-0.3, -0.25) is 4.90 Å². The van der Waals surface area contributed by atoms with E-state index in [9.17, 15) is 4.79 Å². The van der Waals surface area contributed by atoms with Crippen molar-refractivity contribution in [3.63, 3.8) is 0 Å². The maximum atomic E-state index is 11.7. The molecule has 6 nitrogen and oxygen atoms in total. The molecule has 0 unspecified atom stereocenters. The Kier molecular flexibility index (Phi) is 5.79. The Labute approximate surface area is 119 Å². The fourth-order valence-corrected chi connectivity index (χ4v) is 2.05. The lowest BCUT2D eigenvalue weighted by Crippen LogP contribution is -2.42. The van der Waals surface area contributed by atoms with E-state index in [1.165, 1.54) is 0 Å². The van der Waals surface area contributed by atoms with Crippen LogP contribution in [0, 0.1) is 0 Å². The van der Waals surface area contributed by atoms with Crippen LogP contribution in [0.5, 0.6) is 0 Å². The first kappa shape index (κ1) is 14.8. The molecule has 2 rings (SSSR count). The van der Waals surface area contributed by atoms with Crippen LogP contribution in [0.1, 0.15) is 5.56 Å². The number of nitrogens with zero attached hydrogens (tertiary/aromatic N) is 1. The molecule has 0 aliphatic carbocycles. The number of nitrogens with one attached hydrogen (secondary N) is 2. The molecule has 1 saturated heterocycles. The van der Waals surface area contributed by atoms with Crippen LogP contribution in [0.3, 0.4) is 0 Å². The zero-order valence-corrected chi connectivity index (χ0v) is 11.6. The molecule has 0 spiro atoms. The highest BCUT2D eigenvalue weighted by Gasteiger charge is 2.10. The fourth-order valence-electron chi connectivity index (χ4n) is 2.05. The number of carbonyl (C=O) groups is 1. The lowest BCUT2D eigenvalue weighted by atomic mass is 10.2. The van der Waals surface area contributed by atoms with Crippen molar-refractivity contribution in [1.82, 2.24) is 10.2 Å². The SMILES string of the molecule is NCc1ccc(NC(=O)NCCN2CCOCC2)cc1. The zero-order chi connectivity index (χ0) is 14.2. The highest BCUT2D eigenvalue weighted by atomic mass is 16.5. The molecule has 1 aliphatic heterocycles. The third kappa shape index (κ3) is 4.80. The maximum absolute atomic E-state index is 11.7. The van der Waals surface area contributed by atoms with E-state index in [4.69, 9.17) is 10.5 Å². The van der Waals surface area contributed by atoms with Crippen molar-refractivity contribution in [2.45, 2.75) is 6.54 Å². The molecule has 1 aliphatic rings. The van der Waals surface area contributed by atoms with E-state index in [-0.39, 0.29) is 6.03 Å². The van der Waals surface area contributed by atoms with Gasteiger partial charge >= 0.3 is 6.03 Å². The second-order valence-corrected chi connectivity index (χ2v) is 4.74. The Balaban J connectivity index is 1.66. The molecular weight excluding hydrogens is 256 g/mol.